The highest BCUT2D eigenvalue weighted by molar-refractivity contribution is 5.89. The van der Waals surface area contributed by atoms with Gasteiger partial charge in [-0.25, -0.2) is 0 Å². The number of aromatic nitrogens is 1. The smallest absolute Gasteiger partial charge is 0.224 e. The highest BCUT2D eigenvalue weighted by atomic mass is 16.2. The van der Waals surface area contributed by atoms with Crippen LogP contribution in [0, 0.1) is 5.92 Å². The van der Waals surface area contributed by atoms with Crippen LogP contribution in [0.1, 0.15) is 75.5 Å². The van der Waals surface area contributed by atoms with E-state index >= 15 is 0 Å². The van der Waals surface area contributed by atoms with Crippen LogP contribution in [0.5, 0.6) is 0 Å². The highest BCUT2D eigenvalue weighted by Crippen LogP contribution is 2.45. The molecule has 1 aromatic carbocycles. The first-order valence-electron chi connectivity index (χ1n) is 11.7. The number of carbonyl (C=O) groups is 1. The number of amides is 1. The second kappa shape index (κ2) is 7.46. The Bertz CT molecular complexity index is 910. The summed E-state index contributed by atoms with van der Waals surface area (Å²) in [5, 5.41) is 4.84. The number of nitrogens with one attached hydrogen (secondary N) is 1. The molecule has 2 heterocycles. The molecule has 0 spiro atoms. The van der Waals surface area contributed by atoms with Crippen molar-refractivity contribution >= 4 is 16.8 Å². The van der Waals surface area contributed by atoms with Crippen molar-refractivity contribution in [2.45, 2.75) is 82.8 Å². The maximum Gasteiger partial charge on any atom is 0.224 e. The molecule has 4 atom stereocenters. The lowest BCUT2D eigenvalue weighted by Gasteiger charge is -2.45. The van der Waals surface area contributed by atoms with E-state index in [1.807, 2.05) is 0 Å². The van der Waals surface area contributed by atoms with Crippen molar-refractivity contribution in [3.8, 4) is 0 Å². The van der Waals surface area contributed by atoms with Gasteiger partial charge in [0.05, 0.1) is 5.92 Å². The molecule has 1 amide bonds. The molecular formula is C25H35N3O. The predicted octanol–water partition coefficient (Wildman–Crippen LogP) is 4.63. The van der Waals surface area contributed by atoms with Crippen molar-refractivity contribution in [1.29, 1.82) is 0 Å². The molecule has 1 saturated carbocycles. The summed E-state index contributed by atoms with van der Waals surface area (Å²) in [7, 11) is 2.23. The first-order chi connectivity index (χ1) is 14.1. The lowest BCUT2D eigenvalue weighted by Crippen LogP contribution is -2.52. The van der Waals surface area contributed by atoms with Crippen LogP contribution in [-0.4, -0.2) is 41.1 Å². The SMILES string of the molecule is CCC(C)n1cc2c3c(cccc31)[C@H]1C[C@@H](C(=O)NC3CCCC3)CN(C)[C@@H]1C2. The van der Waals surface area contributed by atoms with E-state index in [1.54, 1.807) is 0 Å². The molecule has 29 heavy (non-hydrogen) atoms. The zero-order chi connectivity index (χ0) is 20.1. The standard InChI is InChI=1S/C25H35N3O/c1-4-16(2)28-15-17-13-23-21(20-10-7-11-22(28)24(17)20)12-18(14-27(23)3)25(29)26-19-8-5-6-9-19/h7,10-11,15-16,18-19,21,23H,4-6,8-9,12-14H2,1-3H3,(H,26,29)/t16?,18-,21-,23-/m1/s1. The quantitative estimate of drug-likeness (QED) is 0.822. The molecule has 1 unspecified atom stereocenters. The Labute approximate surface area is 174 Å². The van der Waals surface area contributed by atoms with Crippen LogP contribution in [-0.2, 0) is 11.2 Å². The van der Waals surface area contributed by atoms with Gasteiger partial charge < -0.3 is 14.8 Å². The van der Waals surface area contributed by atoms with E-state index in [2.05, 4.69) is 60.1 Å². The number of nitrogens with zero attached hydrogens (tertiary/aromatic N) is 2. The third-order valence-corrected chi connectivity index (χ3v) is 8.01. The largest absolute Gasteiger partial charge is 0.353 e. The van der Waals surface area contributed by atoms with Crippen molar-refractivity contribution in [1.82, 2.24) is 14.8 Å². The Morgan fingerprint density at radius 2 is 2.07 bits per heavy atom. The number of piperidine rings is 1. The third kappa shape index (κ3) is 3.20. The van der Waals surface area contributed by atoms with Gasteiger partial charge in [0.15, 0.2) is 0 Å². The Morgan fingerprint density at radius 3 is 2.83 bits per heavy atom. The second-order valence-corrected chi connectivity index (χ2v) is 9.80. The summed E-state index contributed by atoms with van der Waals surface area (Å²) in [6.45, 7) is 5.47. The van der Waals surface area contributed by atoms with Gasteiger partial charge in [-0.15, -0.1) is 0 Å². The van der Waals surface area contributed by atoms with Gasteiger partial charge in [-0.05, 0) is 63.3 Å². The Morgan fingerprint density at radius 1 is 1.28 bits per heavy atom. The summed E-state index contributed by atoms with van der Waals surface area (Å²) in [5.41, 5.74) is 4.35. The third-order valence-electron chi connectivity index (χ3n) is 8.01. The first-order valence-corrected chi connectivity index (χ1v) is 11.7. The summed E-state index contributed by atoms with van der Waals surface area (Å²) in [6.07, 6.45) is 10.5. The fourth-order valence-corrected chi connectivity index (χ4v) is 6.21. The van der Waals surface area contributed by atoms with Crippen LogP contribution in [0.4, 0.5) is 0 Å². The number of likely N-dealkylation sites (N-methyl/N-ethyl adjacent to an activating group) is 1. The van der Waals surface area contributed by atoms with Crippen LogP contribution in [0.3, 0.4) is 0 Å². The minimum absolute atomic E-state index is 0.107. The number of benzene rings is 1. The van der Waals surface area contributed by atoms with Gasteiger partial charge in [-0.3, -0.25) is 4.79 Å². The Kier molecular flexibility index (Phi) is 4.93. The average Bonchev–Trinajstić information content (AvgIpc) is 3.37. The molecule has 1 N–H and O–H groups in total. The van der Waals surface area contributed by atoms with E-state index < -0.39 is 0 Å². The maximum atomic E-state index is 13.1. The van der Waals surface area contributed by atoms with E-state index in [1.165, 1.54) is 34.9 Å². The van der Waals surface area contributed by atoms with Gasteiger partial charge in [0, 0.05) is 47.7 Å². The Balaban J connectivity index is 1.46. The summed E-state index contributed by atoms with van der Waals surface area (Å²) in [5.74, 6) is 0.852. The van der Waals surface area contributed by atoms with Crippen molar-refractivity contribution in [2.75, 3.05) is 13.6 Å². The molecule has 2 aromatic rings. The summed E-state index contributed by atoms with van der Waals surface area (Å²) in [4.78, 5) is 15.5. The highest BCUT2D eigenvalue weighted by Gasteiger charge is 2.42. The van der Waals surface area contributed by atoms with Gasteiger partial charge in [0.1, 0.15) is 0 Å². The molecule has 2 fully saturated rings. The maximum absolute atomic E-state index is 13.1. The predicted molar refractivity (Wildman–Crippen MR) is 118 cm³/mol. The normalized spacial score (nSPS) is 28.4. The molecule has 4 heteroatoms. The van der Waals surface area contributed by atoms with E-state index in [4.69, 9.17) is 0 Å². The van der Waals surface area contributed by atoms with E-state index in [9.17, 15) is 4.79 Å². The van der Waals surface area contributed by atoms with Crippen LogP contribution in [0.25, 0.3) is 10.9 Å². The van der Waals surface area contributed by atoms with E-state index in [-0.39, 0.29) is 11.8 Å². The minimum atomic E-state index is 0.107. The number of hydrogen-bond donors (Lipinski definition) is 1. The first kappa shape index (κ1) is 19.2. The lowest BCUT2D eigenvalue weighted by atomic mass is 9.72. The van der Waals surface area contributed by atoms with E-state index in [0.29, 0.717) is 24.0 Å². The number of carbonyl (C=O) groups excluding carboxylic acids is 1. The Hall–Kier alpha value is -1.81. The summed E-state index contributed by atoms with van der Waals surface area (Å²) < 4.78 is 2.48. The fourth-order valence-electron chi connectivity index (χ4n) is 6.21. The summed E-state index contributed by atoms with van der Waals surface area (Å²) in [6, 6.07) is 8.28. The van der Waals surface area contributed by atoms with Crippen LogP contribution in [0.15, 0.2) is 24.4 Å². The van der Waals surface area contributed by atoms with Crippen molar-refractivity contribution in [2.24, 2.45) is 5.92 Å². The zero-order valence-corrected chi connectivity index (χ0v) is 18.2. The molecule has 3 aliphatic rings. The molecule has 1 saturated heterocycles. The zero-order valence-electron chi connectivity index (χ0n) is 18.2. The molecule has 4 nitrogen and oxygen atoms in total. The average molecular weight is 394 g/mol. The van der Waals surface area contributed by atoms with Crippen molar-refractivity contribution in [3.05, 3.63) is 35.5 Å². The van der Waals surface area contributed by atoms with Crippen LogP contribution < -0.4 is 5.32 Å². The van der Waals surface area contributed by atoms with Crippen LogP contribution in [0.2, 0.25) is 0 Å². The summed E-state index contributed by atoms with van der Waals surface area (Å²) >= 11 is 0. The van der Waals surface area contributed by atoms with Crippen molar-refractivity contribution in [3.63, 3.8) is 0 Å². The number of likely N-dealkylation sites (tertiary alicyclic amines) is 1. The van der Waals surface area contributed by atoms with E-state index in [0.717, 1.165) is 38.6 Å². The monoisotopic (exact) mass is 393 g/mol. The minimum Gasteiger partial charge on any atom is -0.353 e. The lowest BCUT2D eigenvalue weighted by molar-refractivity contribution is -0.128. The van der Waals surface area contributed by atoms with Crippen molar-refractivity contribution < 1.29 is 4.79 Å². The molecule has 1 aliphatic heterocycles. The molecule has 0 bridgehead atoms. The van der Waals surface area contributed by atoms with Gasteiger partial charge >= 0.3 is 0 Å². The number of fused-ring (bicyclic) bond motifs is 2. The van der Waals surface area contributed by atoms with Crippen LogP contribution >= 0.6 is 0 Å². The number of hydrogen-bond acceptors (Lipinski definition) is 2. The van der Waals surface area contributed by atoms with Gasteiger partial charge in [0.25, 0.3) is 0 Å². The molecule has 2 aliphatic carbocycles. The second-order valence-electron chi connectivity index (χ2n) is 9.80. The fraction of sp³-hybridized carbons (Fsp3) is 0.640. The van der Waals surface area contributed by atoms with Gasteiger partial charge in [-0.1, -0.05) is 31.9 Å². The topological polar surface area (TPSA) is 37.3 Å². The molecule has 0 radical (unpaired) electrons. The molecule has 5 rings (SSSR count). The molecular weight excluding hydrogens is 358 g/mol. The van der Waals surface area contributed by atoms with Gasteiger partial charge in [0.2, 0.25) is 5.91 Å². The molecule has 156 valence electrons. The number of rotatable bonds is 4. The van der Waals surface area contributed by atoms with Gasteiger partial charge in [-0.2, -0.15) is 0 Å². The molecule has 1 aromatic heterocycles.